The van der Waals surface area contributed by atoms with Gasteiger partial charge < -0.3 is 19.3 Å². The van der Waals surface area contributed by atoms with E-state index >= 15 is 0 Å². The summed E-state index contributed by atoms with van der Waals surface area (Å²) in [7, 11) is 1.60. The lowest BCUT2D eigenvalue weighted by Gasteiger charge is -2.26. The summed E-state index contributed by atoms with van der Waals surface area (Å²) in [6, 6.07) is 0. The van der Waals surface area contributed by atoms with Gasteiger partial charge in [0, 0.05) is 7.11 Å². The Morgan fingerprint density at radius 3 is 2.24 bits per heavy atom. The van der Waals surface area contributed by atoms with E-state index < -0.39 is 11.9 Å². The SMILES string of the molecule is COCCOCOCC[C@@H](C(=O)O)C(C)(C)C. The average Bonchev–Trinajstić information content (AvgIpc) is 2.19. The van der Waals surface area contributed by atoms with Gasteiger partial charge in [-0.2, -0.15) is 0 Å². The first-order valence-electron chi connectivity index (χ1n) is 5.76. The molecule has 0 aliphatic carbocycles. The summed E-state index contributed by atoms with van der Waals surface area (Å²) in [5.74, 6) is -1.18. The quantitative estimate of drug-likeness (QED) is 0.497. The number of hydrogen-bond acceptors (Lipinski definition) is 4. The van der Waals surface area contributed by atoms with Gasteiger partial charge in [0.05, 0.1) is 25.7 Å². The molecule has 1 atom stereocenters. The molecule has 0 aliphatic heterocycles. The van der Waals surface area contributed by atoms with E-state index in [-0.39, 0.29) is 12.2 Å². The van der Waals surface area contributed by atoms with Gasteiger partial charge in [0.15, 0.2) is 0 Å². The predicted octanol–water partition coefficient (Wildman–Crippen LogP) is 1.76. The summed E-state index contributed by atoms with van der Waals surface area (Å²) in [6.45, 7) is 7.34. The lowest BCUT2D eigenvalue weighted by atomic mass is 9.79. The molecule has 0 fully saturated rings. The highest BCUT2D eigenvalue weighted by Crippen LogP contribution is 2.28. The largest absolute Gasteiger partial charge is 0.481 e. The summed E-state index contributed by atoms with van der Waals surface area (Å²) in [6.07, 6.45) is 0.493. The van der Waals surface area contributed by atoms with E-state index in [9.17, 15) is 4.79 Å². The second kappa shape index (κ2) is 8.44. The first kappa shape index (κ1) is 16.4. The summed E-state index contributed by atoms with van der Waals surface area (Å²) >= 11 is 0. The summed E-state index contributed by atoms with van der Waals surface area (Å²) in [5.41, 5.74) is -0.258. The fraction of sp³-hybridized carbons (Fsp3) is 0.917. The van der Waals surface area contributed by atoms with Crippen molar-refractivity contribution in [3.63, 3.8) is 0 Å². The van der Waals surface area contributed by atoms with Crippen LogP contribution >= 0.6 is 0 Å². The Hall–Kier alpha value is -0.650. The van der Waals surface area contributed by atoms with Crippen molar-refractivity contribution in [1.82, 2.24) is 0 Å². The standard InChI is InChI=1S/C12H24O5/c1-12(2,3)10(11(13)14)5-6-16-9-17-8-7-15-4/h10H,5-9H2,1-4H3,(H,13,14)/t10-/m0/s1. The average molecular weight is 248 g/mol. The van der Waals surface area contributed by atoms with Crippen molar-refractivity contribution in [1.29, 1.82) is 0 Å². The fourth-order valence-corrected chi connectivity index (χ4v) is 1.45. The van der Waals surface area contributed by atoms with Gasteiger partial charge in [-0.15, -0.1) is 0 Å². The minimum atomic E-state index is -0.776. The number of aliphatic carboxylic acids is 1. The molecule has 0 saturated heterocycles. The van der Waals surface area contributed by atoms with Crippen LogP contribution in [0.4, 0.5) is 0 Å². The van der Waals surface area contributed by atoms with Crippen LogP contribution in [-0.4, -0.2) is 44.8 Å². The van der Waals surface area contributed by atoms with Gasteiger partial charge in [0.25, 0.3) is 0 Å². The molecule has 0 aromatic rings. The summed E-state index contributed by atoms with van der Waals surface area (Å²) in [5, 5.41) is 9.08. The van der Waals surface area contributed by atoms with Gasteiger partial charge in [-0.3, -0.25) is 4.79 Å². The van der Waals surface area contributed by atoms with Crippen molar-refractivity contribution in [2.75, 3.05) is 33.7 Å². The van der Waals surface area contributed by atoms with Gasteiger partial charge in [0.2, 0.25) is 0 Å². The molecule has 0 unspecified atom stereocenters. The Kier molecular flexibility index (Phi) is 8.12. The molecule has 0 rings (SSSR count). The molecule has 0 saturated carbocycles. The molecular formula is C12H24O5. The van der Waals surface area contributed by atoms with Gasteiger partial charge in [-0.25, -0.2) is 0 Å². The molecule has 17 heavy (non-hydrogen) atoms. The molecule has 0 heterocycles. The highest BCUT2D eigenvalue weighted by atomic mass is 16.7. The molecule has 102 valence electrons. The number of carboxylic acid groups (broad SMARTS) is 1. The third kappa shape index (κ3) is 8.12. The molecule has 0 spiro atoms. The number of hydrogen-bond donors (Lipinski definition) is 1. The zero-order valence-electron chi connectivity index (χ0n) is 11.2. The van der Waals surface area contributed by atoms with Crippen LogP contribution in [0.25, 0.3) is 0 Å². The lowest BCUT2D eigenvalue weighted by Crippen LogP contribution is -2.29. The first-order valence-corrected chi connectivity index (χ1v) is 5.76. The van der Waals surface area contributed by atoms with Crippen LogP contribution in [-0.2, 0) is 19.0 Å². The molecule has 0 aromatic carbocycles. The molecule has 5 nitrogen and oxygen atoms in total. The minimum absolute atomic E-state index is 0.180. The van der Waals surface area contributed by atoms with Crippen LogP contribution < -0.4 is 0 Å². The van der Waals surface area contributed by atoms with Crippen molar-refractivity contribution in [2.45, 2.75) is 27.2 Å². The van der Waals surface area contributed by atoms with E-state index in [0.29, 0.717) is 26.2 Å². The first-order chi connectivity index (χ1) is 7.89. The molecule has 0 bridgehead atoms. The monoisotopic (exact) mass is 248 g/mol. The van der Waals surface area contributed by atoms with E-state index in [1.54, 1.807) is 7.11 Å². The van der Waals surface area contributed by atoms with Gasteiger partial charge in [-0.1, -0.05) is 20.8 Å². The molecule has 0 aliphatic rings. The maximum Gasteiger partial charge on any atom is 0.307 e. The molecular weight excluding hydrogens is 224 g/mol. The van der Waals surface area contributed by atoms with Crippen molar-refractivity contribution in [2.24, 2.45) is 11.3 Å². The second-order valence-electron chi connectivity index (χ2n) is 4.97. The third-order valence-corrected chi connectivity index (χ3v) is 2.49. The minimum Gasteiger partial charge on any atom is -0.481 e. The van der Waals surface area contributed by atoms with Crippen LogP contribution in [0.5, 0.6) is 0 Å². The van der Waals surface area contributed by atoms with Crippen molar-refractivity contribution < 1.29 is 24.1 Å². The number of methoxy groups -OCH3 is 1. The van der Waals surface area contributed by atoms with Crippen LogP contribution in [0.3, 0.4) is 0 Å². The number of carbonyl (C=O) groups is 1. The van der Waals surface area contributed by atoms with Crippen LogP contribution in [0.1, 0.15) is 27.2 Å². The van der Waals surface area contributed by atoms with E-state index in [0.717, 1.165) is 0 Å². The summed E-state index contributed by atoms with van der Waals surface area (Å²) in [4.78, 5) is 11.0. The lowest BCUT2D eigenvalue weighted by molar-refractivity contribution is -0.147. The third-order valence-electron chi connectivity index (χ3n) is 2.49. The topological polar surface area (TPSA) is 65.0 Å². The van der Waals surface area contributed by atoms with E-state index in [1.165, 1.54) is 0 Å². The number of carboxylic acids is 1. The Balaban J connectivity index is 3.67. The fourth-order valence-electron chi connectivity index (χ4n) is 1.45. The number of ether oxygens (including phenoxy) is 3. The molecule has 0 radical (unpaired) electrons. The zero-order chi connectivity index (χ0) is 13.3. The van der Waals surface area contributed by atoms with E-state index in [2.05, 4.69) is 0 Å². The van der Waals surface area contributed by atoms with Crippen LogP contribution in [0, 0.1) is 11.3 Å². The molecule has 5 heteroatoms. The molecule has 0 amide bonds. The smallest absolute Gasteiger partial charge is 0.307 e. The molecule has 0 aromatic heterocycles. The number of rotatable bonds is 9. The highest BCUT2D eigenvalue weighted by Gasteiger charge is 2.30. The maximum atomic E-state index is 11.0. The normalized spacial score (nSPS) is 13.6. The van der Waals surface area contributed by atoms with Gasteiger partial charge >= 0.3 is 5.97 Å². The second-order valence-corrected chi connectivity index (χ2v) is 4.97. The predicted molar refractivity (Wildman–Crippen MR) is 63.8 cm³/mol. The zero-order valence-corrected chi connectivity index (χ0v) is 11.2. The maximum absolute atomic E-state index is 11.0. The Morgan fingerprint density at radius 2 is 1.76 bits per heavy atom. The van der Waals surface area contributed by atoms with Crippen molar-refractivity contribution in [3.05, 3.63) is 0 Å². The molecule has 1 N–H and O–H groups in total. The highest BCUT2D eigenvalue weighted by molar-refractivity contribution is 5.70. The Labute approximate surface area is 103 Å². The van der Waals surface area contributed by atoms with Crippen LogP contribution in [0.15, 0.2) is 0 Å². The van der Waals surface area contributed by atoms with Crippen LogP contribution in [0.2, 0.25) is 0 Å². The van der Waals surface area contributed by atoms with Crippen molar-refractivity contribution in [3.8, 4) is 0 Å². The van der Waals surface area contributed by atoms with Crippen molar-refractivity contribution >= 4 is 5.97 Å². The van der Waals surface area contributed by atoms with Gasteiger partial charge in [-0.05, 0) is 11.8 Å². The van der Waals surface area contributed by atoms with Gasteiger partial charge in [0.1, 0.15) is 6.79 Å². The summed E-state index contributed by atoms with van der Waals surface area (Å²) < 4.78 is 15.1. The Bertz CT molecular complexity index is 209. The van der Waals surface area contributed by atoms with E-state index in [4.69, 9.17) is 19.3 Å². The Morgan fingerprint density at radius 1 is 1.18 bits per heavy atom. The van der Waals surface area contributed by atoms with E-state index in [1.807, 2.05) is 20.8 Å².